The Bertz CT molecular complexity index is 1420. The lowest BCUT2D eigenvalue weighted by Gasteiger charge is -2.10. The van der Waals surface area contributed by atoms with E-state index in [4.69, 9.17) is 15.8 Å². The Balaban J connectivity index is 0.000000297. The maximum absolute atomic E-state index is 11.0. The molecular formula is C26H21N5O5. The van der Waals surface area contributed by atoms with Gasteiger partial charge in [-0.1, -0.05) is 12.1 Å². The van der Waals surface area contributed by atoms with E-state index in [0.29, 0.717) is 34.4 Å². The molecule has 0 saturated carbocycles. The fourth-order valence-corrected chi connectivity index (χ4v) is 3.14. The van der Waals surface area contributed by atoms with Crippen LogP contribution in [0.2, 0.25) is 0 Å². The molecule has 180 valence electrons. The second kappa shape index (κ2) is 12.1. The molecule has 0 fully saturated rings. The van der Waals surface area contributed by atoms with Gasteiger partial charge in [0.15, 0.2) is 6.29 Å². The van der Waals surface area contributed by atoms with Gasteiger partial charge in [-0.3, -0.25) is 15.0 Å². The highest BCUT2D eigenvalue weighted by Crippen LogP contribution is 2.31. The molecule has 0 unspecified atom stereocenters. The molecule has 0 atom stereocenters. The zero-order chi connectivity index (χ0) is 26.8. The summed E-state index contributed by atoms with van der Waals surface area (Å²) in [7, 11) is 1.63. The van der Waals surface area contributed by atoms with Crippen molar-refractivity contribution in [3.05, 3.63) is 76.9 Å². The number of carboxylic acids is 1. The van der Waals surface area contributed by atoms with Crippen LogP contribution in [0.25, 0.3) is 11.1 Å². The second-order valence-electron chi connectivity index (χ2n) is 7.24. The van der Waals surface area contributed by atoms with Crippen molar-refractivity contribution in [1.82, 2.24) is 0 Å². The first-order chi connectivity index (χ1) is 17.1. The van der Waals surface area contributed by atoms with Crippen LogP contribution in [-0.4, -0.2) is 41.1 Å². The number of carbonyl (C=O) groups is 3. The van der Waals surface area contributed by atoms with E-state index >= 15 is 0 Å². The number of hydrogen-bond donors (Lipinski definition) is 5. The van der Waals surface area contributed by atoms with Crippen LogP contribution >= 0.6 is 0 Å². The van der Waals surface area contributed by atoms with E-state index in [9.17, 15) is 24.8 Å². The normalized spacial score (nSPS) is 9.44. The Morgan fingerprint density at radius 2 is 1.67 bits per heavy atom. The summed E-state index contributed by atoms with van der Waals surface area (Å²) in [6, 6.07) is 17.8. The van der Waals surface area contributed by atoms with E-state index < -0.39 is 5.97 Å². The summed E-state index contributed by atoms with van der Waals surface area (Å²) in [5, 5.41) is 49.3. The average molecular weight is 483 g/mol. The van der Waals surface area contributed by atoms with Gasteiger partial charge in [0.25, 0.3) is 0 Å². The molecule has 10 nitrogen and oxygen atoms in total. The number of aldehydes is 1. The summed E-state index contributed by atoms with van der Waals surface area (Å²) >= 11 is 0. The Hall–Kier alpha value is -5.48. The third-order valence-electron chi connectivity index (χ3n) is 4.83. The quantitative estimate of drug-likeness (QED) is 0.259. The highest BCUT2D eigenvalue weighted by atomic mass is 16.4. The van der Waals surface area contributed by atoms with Crippen molar-refractivity contribution in [2.45, 2.75) is 6.92 Å². The Kier molecular flexibility index (Phi) is 9.01. The van der Waals surface area contributed by atoms with Crippen LogP contribution in [0.5, 0.6) is 5.75 Å². The predicted molar refractivity (Wildman–Crippen MR) is 133 cm³/mol. The molecule has 0 aromatic heterocycles. The molecule has 0 radical (unpaired) electrons. The number of phenols is 1. The fourth-order valence-electron chi connectivity index (χ4n) is 3.14. The van der Waals surface area contributed by atoms with Gasteiger partial charge in [0.2, 0.25) is 5.91 Å². The first kappa shape index (κ1) is 26.8. The molecule has 0 saturated heterocycles. The van der Waals surface area contributed by atoms with Crippen LogP contribution in [0.4, 0.5) is 11.4 Å². The van der Waals surface area contributed by atoms with Crippen molar-refractivity contribution in [3.8, 4) is 29.0 Å². The van der Waals surface area contributed by atoms with Gasteiger partial charge in [-0.15, -0.1) is 0 Å². The van der Waals surface area contributed by atoms with Crippen molar-refractivity contribution in [1.29, 1.82) is 15.9 Å². The average Bonchev–Trinajstić information content (AvgIpc) is 2.88. The lowest BCUT2D eigenvalue weighted by Crippen LogP contribution is -2.05. The SMILES string of the molecule is CC(=O)Nc1ccc(-c2cc(C(=N)C=O)c(O)cc2C#N)cc1.CNc1ccc(C#N)cc1C(=O)O. The van der Waals surface area contributed by atoms with Crippen molar-refractivity contribution in [3.63, 3.8) is 0 Å². The molecule has 3 rings (SSSR count). The number of nitrogens with zero attached hydrogens (tertiary/aromatic N) is 2. The zero-order valence-corrected chi connectivity index (χ0v) is 19.3. The number of rotatable bonds is 6. The minimum Gasteiger partial charge on any atom is -0.507 e. The van der Waals surface area contributed by atoms with E-state index in [0.717, 1.165) is 0 Å². The van der Waals surface area contributed by atoms with E-state index in [1.165, 1.54) is 25.1 Å². The van der Waals surface area contributed by atoms with E-state index in [2.05, 4.69) is 10.6 Å². The third-order valence-corrected chi connectivity index (χ3v) is 4.83. The number of aromatic hydroxyl groups is 1. The number of carboxylic acid groups (broad SMARTS) is 1. The van der Waals surface area contributed by atoms with E-state index in [1.54, 1.807) is 43.4 Å². The van der Waals surface area contributed by atoms with Crippen LogP contribution < -0.4 is 10.6 Å². The Labute approximate surface area is 206 Å². The van der Waals surface area contributed by atoms with Gasteiger partial charge in [-0.05, 0) is 48.0 Å². The number of nitriles is 2. The zero-order valence-electron chi connectivity index (χ0n) is 19.3. The molecule has 0 spiro atoms. The number of hydrogen-bond acceptors (Lipinski definition) is 8. The van der Waals surface area contributed by atoms with Gasteiger partial charge in [0.05, 0.1) is 28.8 Å². The van der Waals surface area contributed by atoms with Crippen molar-refractivity contribution < 1.29 is 24.6 Å². The Morgan fingerprint density at radius 3 is 2.17 bits per heavy atom. The number of carbonyl (C=O) groups excluding carboxylic acids is 2. The van der Waals surface area contributed by atoms with Gasteiger partial charge in [-0.25, -0.2) is 4.79 Å². The molecule has 5 N–H and O–H groups in total. The minimum absolute atomic E-state index is 0.0555. The first-order valence-electron chi connectivity index (χ1n) is 10.3. The molecule has 10 heteroatoms. The lowest BCUT2D eigenvalue weighted by molar-refractivity contribution is -0.114. The lowest BCUT2D eigenvalue weighted by atomic mass is 9.95. The number of anilines is 2. The summed E-state index contributed by atoms with van der Waals surface area (Å²) < 4.78 is 0. The molecule has 3 aromatic carbocycles. The number of phenolic OH excluding ortho intramolecular Hbond substituents is 1. The molecule has 0 heterocycles. The maximum Gasteiger partial charge on any atom is 0.337 e. The topological polar surface area (TPSA) is 187 Å². The number of nitrogens with one attached hydrogen (secondary N) is 3. The third kappa shape index (κ3) is 6.53. The van der Waals surface area contributed by atoms with Gasteiger partial charge in [-0.2, -0.15) is 10.5 Å². The standard InChI is InChI=1S/C17H13N3O3.C9H8N2O2/c1-10(22)20-13-4-2-11(3-5-13)14-7-15(16(19)9-21)17(23)6-12(14)8-18;1-11-8-3-2-6(5-10)4-7(8)9(12)13/h2-7,9,19,23H,1H3,(H,20,22);2-4,11H,1H3,(H,12,13). The van der Waals surface area contributed by atoms with E-state index in [1.807, 2.05) is 12.1 Å². The largest absolute Gasteiger partial charge is 0.507 e. The highest BCUT2D eigenvalue weighted by Gasteiger charge is 2.14. The molecule has 0 bridgehead atoms. The maximum atomic E-state index is 11.0. The summed E-state index contributed by atoms with van der Waals surface area (Å²) in [6.45, 7) is 1.40. The monoisotopic (exact) mass is 483 g/mol. The van der Waals surface area contributed by atoms with Gasteiger partial charge >= 0.3 is 5.97 Å². The number of amides is 1. The fraction of sp³-hybridized carbons (Fsp3) is 0.0769. The smallest absolute Gasteiger partial charge is 0.337 e. The highest BCUT2D eigenvalue weighted by molar-refractivity contribution is 6.35. The molecule has 0 aliphatic rings. The summed E-state index contributed by atoms with van der Waals surface area (Å²) in [5.74, 6) is -1.53. The molecule has 0 aliphatic heterocycles. The minimum atomic E-state index is -1.04. The first-order valence-corrected chi connectivity index (χ1v) is 10.3. The molecule has 3 aromatic rings. The van der Waals surface area contributed by atoms with Crippen molar-refractivity contribution >= 4 is 35.2 Å². The van der Waals surface area contributed by atoms with Gasteiger partial charge in [0, 0.05) is 36.5 Å². The summed E-state index contributed by atoms with van der Waals surface area (Å²) in [4.78, 5) is 32.5. The van der Waals surface area contributed by atoms with Crippen LogP contribution in [0.15, 0.2) is 54.6 Å². The molecule has 1 amide bonds. The molecular weight excluding hydrogens is 462 g/mol. The van der Waals surface area contributed by atoms with Gasteiger partial charge < -0.3 is 20.8 Å². The van der Waals surface area contributed by atoms with Crippen molar-refractivity contribution in [2.24, 2.45) is 0 Å². The number of benzene rings is 3. The van der Waals surface area contributed by atoms with Crippen LogP contribution in [0, 0.1) is 28.1 Å². The summed E-state index contributed by atoms with van der Waals surface area (Å²) in [5.41, 5.74) is 2.63. The molecule has 0 aliphatic carbocycles. The van der Waals surface area contributed by atoms with Crippen LogP contribution in [0.3, 0.4) is 0 Å². The van der Waals surface area contributed by atoms with Crippen molar-refractivity contribution in [2.75, 3.05) is 17.7 Å². The van der Waals surface area contributed by atoms with E-state index in [-0.39, 0.29) is 34.1 Å². The summed E-state index contributed by atoms with van der Waals surface area (Å²) in [6.07, 6.45) is 0.324. The van der Waals surface area contributed by atoms with Crippen LogP contribution in [0.1, 0.15) is 34.0 Å². The Morgan fingerprint density at radius 1 is 1.00 bits per heavy atom. The predicted octanol–water partition coefficient (Wildman–Crippen LogP) is 3.75. The second-order valence-corrected chi connectivity index (χ2v) is 7.24. The molecule has 36 heavy (non-hydrogen) atoms. The van der Waals surface area contributed by atoms with Crippen LogP contribution in [-0.2, 0) is 9.59 Å². The number of aromatic carboxylic acids is 1. The van der Waals surface area contributed by atoms with Gasteiger partial charge in [0.1, 0.15) is 11.5 Å².